The Balaban J connectivity index is 0.00000112. The van der Waals surface area contributed by atoms with E-state index in [-0.39, 0.29) is 12.6 Å². The fourth-order valence-corrected chi connectivity index (χ4v) is 5.08. The van der Waals surface area contributed by atoms with Gasteiger partial charge in [0, 0.05) is 45.0 Å². The van der Waals surface area contributed by atoms with Crippen LogP contribution in [-0.4, -0.2) is 108 Å². The normalized spacial score (nSPS) is 17.4. The lowest BCUT2D eigenvalue weighted by atomic mass is 10.0. The number of ether oxygens (including phenoxy) is 2. The summed E-state index contributed by atoms with van der Waals surface area (Å²) in [4.78, 5) is 25.5. The zero-order valence-corrected chi connectivity index (χ0v) is 31.8. The monoisotopic (exact) mass is 726 g/mol. The van der Waals surface area contributed by atoms with Gasteiger partial charge in [0.15, 0.2) is 11.6 Å². The van der Waals surface area contributed by atoms with Crippen LogP contribution >= 0.6 is 0 Å². The van der Waals surface area contributed by atoms with Crippen molar-refractivity contribution in [3.05, 3.63) is 84.7 Å². The van der Waals surface area contributed by atoms with Gasteiger partial charge in [-0.15, -0.1) is 12.8 Å². The average molecular weight is 727 g/mol. The van der Waals surface area contributed by atoms with Crippen LogP contribution in [0.3, 0.4) is 0 Å². The number of unbranched alkanes of at least 4 members (excludes halogenated alkanes) is 1. The topological polar surface area (TPSA) is 146 Å². The summed E-state index contributed by atoms with van der Waals surface area (Å²) >= 11 is 0. The molecular formula is C40H63FN6O5. The predicted octanol–water partition coefficient (Wildman–Crippen LogP) is 5.02. The molecule has 1 unspecified atom stereocenters. The number of hydrogen-bond acceptors (Lipinski definition) is 10. The quantitative estimate of drug-likeness (QED) is 0.100. The van der Waals surface area contributed by atoms with Crippen LogP contribution in [-0.2, 0) is 16.1 Å². The van der Waals surface area contributed by atoms with Gasteiger partial charge < -0.3 is 35.6 Å². The maximum Gasteiger partial charge on any atom is 0.222 e. The summed E-state index contributed by atoms with van der Waals surface area (Å²) < 4.78 is 23.7. The van der Waals surface area contributed by atoms with Crippen molar-refractivity contribution in [1.82, 2.24) is 25.1 Å². The van der Waals surface area contributed by atoms with E-state index in [1.54, 1.807) is 12.2 Å². The number of nitrogens with two attached hydrogens (primary N) is 1. The van der Waals surface area contributed by atoms with E-state index in [0.29, 0.717) is 55.2 Å². The first kappa shape index (κ1) is 47.9. The van der Waals surface area contributed by atoms with E-state index >= 15 is 0 Å². The van der Waals surface area contributed by atoms with Crippen LogP contribution in [0.2, 0.25) is 0 Å². The molecular weight excluding hydrogens is 663 g/mol. The minimum atomic E-state index is -0.922. The zero-order chi connectivity index (χ0) is 39.1. The van der Waals surface area contributed by atoms with Gasteiger partial charge in [-0.3, -0.25) is 9.69 Å². The van der Waals surface area contributed by atoms with E-state index < -0.39 is 6.17 Å². The lowest BCUT2D eigenvalue weighted by molar-refractivity contribution is -0.133. The summed E-state index contributed by atoms with van der Waals surface area (Å²) in [6.45, 7) is 16.3. The third-order valence-corrected chi connectivity index (χ3v) is 7.94. The van der Waals surface area contributed by atoms with Gasteiger partial charge in [0.1, 0.15) is 25.1 Å². The molecule has 3 aliphatic heterocycles. The zero-order valence-electron chi connectivity index (χ0n) is 31.8. The van der Waals surface area contributed by atoms with E-state index in [1.165, 1.54) is 45.0 Å². The molecule has 5 N–H and O–H groups in total. The Kier molecular flexibility index (Phi) is 28.1. The number of fused-ring (bicyclic) bond motifs is 1. The van der Waals surface area contributed by atoms with Crippen LogP contribution in [0.4, 0.5) is 4.39 Å². The lowest BCUT2D eigenvalue weighted by Crippen LogP contribution is -2.45. The number of carbonyl (C=O) groups excluding carboxylic acids is 1. The number of halogens is 1. The van der Waals surface area contributed by atoms with E-state index in [9.17, 15) is 14.3 Å². The summed E-state index contributed by atoms with van der Waals surface area (Å²) in [6, 6.07) is 0.358. The Bertz CT molecular complexity index is 1290. The highest BCUT2D eigenvalue weighted by atomic mass is 19.1. The molecule has 52 heavy (non-hydrogen) atoms. The summed E-state index contributed by atoms with van der Waals surface area (Å²) in [5.41, 5.74) is 8.10. The molecule has 0 bridgehead atoms. The Morgan fingerprint density at radius 2 is 1.90 bits per heavy atom. The second-order valence-electron chi connectivity index (χ2n) is 11.9. The number of nitrogens with zero attached hydrogens (tertiary/aromatic N) is 4. The Labute approximate surface area is 311 Å². The van der Waals surface area contributed by atoms with Gasteiger partial charge in [-0.2, -0.15) is 0 Å². The van der Waals surface area contributed by atoms with E-state index in [2.05, 4.69) is 41.3 Å². The molecule has 1 aromatic rings. The van der Waals surface area contributed by atoms with Crippen LogP contribution in [0.5, 0.6) is 5.75 Å². The summed E-state index contributed by atoms with van der Waals surface area (Å²) in [5.74, 6) is 1.46. The molecule has 2 fully saturated rings. The molecule has 1 aromatic heterocycles. The third kappa shape index (κ3) is 20.7. The summed E-state index contributed by atoms with van der Waals surface area (Å²) in [5, 5.41) is 19.5. The molecule has 4 rings (SSSR count). The smallest absolute Gasteiger partial charge is 0.222 e. The number of amides is 1. The second-order valence-corrected chi connectivity index (χ2v) is 11.9. The second kappa shape index (κ2) is 30.5. The number of aliphatic hydroxyl groups excluding tert-OH is 2. The number of carbonyl (C=O) groups is 1. The van der Waals surface area contributed by atoms with Crippen molar-refractivity contribution in [1.29, 1.82) is 0 Å². The predicted molar refractivity (Wildman–Crippen MR) is 210 cm³/mol. The first-order valence-electron chi connectivity index (χ1n) is 17.7. The number of terminal acetylenes is 1. The van der Waals surface area contributed by atoms with Crippen molar-refractivity contribution in [3.63, 3.8) is 0 Å². The highest BCUT2D eigenvalue weighted by Gasteiger charge is 2.24. The maximum absolute atomic E-state index is 12.5. The molecule has 0 radical (unpaired) electrons. The van der Waals surface area contributed by atoms with E-state index in [1.807, 2.05) is 48.1 Å². The first-order chi connectivity index (χ1) is 25.2. The molecule has 2 saturated heterocycles. The van der Waals surface area contributed by atoms with Crippen molar-refractivity contribution in [2.45, 2.75) is 77.6 Å². The van der Waals surface area contributed by atoms with Crippen molar-refractivity contribution in [2.24, 2.45) is 5.73 Å². The van der Waals surface area contributed by atoms with Crippen LogP contribution in [0.1, 0.15) is 69.1 Å². The Hall–Kier alpha value is -4.12. The number of aromatic nitrogens is 2. The first-order valence-corrected chi connectivity index (χ1v) is 17.7. The molecule has 290 valence electrons. The van der Waals surface area contributed by atoms with Gasteiger partial charge in [0.05, 0.1) is 12.4 Å². The van der Waals surface area contributed by atoms with Crippen molar-refractivity contribution in [2.75, 3.05) is 60.3 Å². The highest BCUT2D eigenvalue weighted by molar-refractivity contribution is 5.76. The summed E-state index contributed by atoms with van der Waals surface area (Å²) in [6.07, 6.45) is 27.6. The van der Waals surface area contributed by atoms with E-state index in [0.717, 1.165) is 57.1 Å². The number of nitrogens with one attached hydrogen (secondary N) is 1. The van der Waals surface area contributed by atoms with Crippen LogP contribution in [0.15, 0.2) is 67.5 Å². The number of alkyl halides is 1. The molecule has 0 saturated carbocycles. The molecule has 11 nitrogen and oxygen atoms in total. The SMILES string of the molecule is C#C.C1CCNC1.C=C/C(N)=C\C=C/C(C)F.C=C1/C=C\C=C/COc2c(C)nc(COCCCCC(=O)N3CCC(N(C)CO)CC3)nc21.CO. The van der Waals surface area contributed by atoms with Gasteiger partial charge in [0.2, 0.25) is 5.91 Å². The lowest BCUT2D eigenvalue weighted by Gasteiger charge is -2.36. The summed E-state index contributed by atoms with van der Waals surface area (Å²) in [7, 11) is 2.92. The molecule has 0 aromatic carbocycles. The van der Waals surface area contributed by atoms with Gasteiger partial charge in [0.25, 0.3) is 0 Å². The molecule has 3 aliphatic rings. The minimum Gasteiger partial charge on any atom is -0.485 e. The van der Waals surface area contributed by atoms with Gasteiger partial charge in [-0.05, 0) is 96.3 Å². The number of likely N-dealkylation sites (tertiary alicyclic amines) is 1. The molecule has 4 heterocycles. The van der Waals surface area contributed by atoms with Gasteiger partial charge >= 0.3 is 0 Å². The average Bonchev–Trinajstić information content (AvgIpc) is 3.78. The van der Waals surface area contributed by atoms with Gasteiger partial charge in [-0.1, -0.05) is 43.5 Å². The number of aliphatic hydroxyl groups is 2. The minimum absolute atomic E-state index is 0.0612. The molecule has 12 heteroatoms. The Morgan fingerprint density at radius 3 is 2.48 bits per heavy atom. The van der Waals surface area contributed by atoms with Gasteiger partial charge in [-0.25, -0.2) is 14.4 Å². The highest BCUT2D eigenvalue weighted by Crippen LogP contribution is 2.28. The molecule has 1 atom stereocenters. The van der Waals surface area contributed by atoms with Crippen molar-refractivity contribution < 1.29 is 28.9 Å². The fourth-order valence-electron chi connectivity index (χ4n) is 5.08. The van der Waals surface area contributed by atoms with Crippen molar-refractivity contribution >= 4 is 11.5 Å². The fraction of sp³-hybridized carbons (Fsp3) is 0.525. The number of piperidine rings is 1. The number of aryl methyl sites for hydroxylation is 1. The van der Waals surface area contributed by atoms with Crippen LogP contribution in [0, 0.1) is 19.8 Å². The number of hydrogen-bond donors (Lipinski definition) is 4. The van der Waals surface area contributed by atoms with Crippen molar-refractivity contribution in [3.8, 4) is 18.6 Å². The molecule has 0 spiro atoms. The molecule has 1 amide bonds. The standard InChI is InChI=1S/C25H36N4O4.C8H12FN.C4H9N.C2H2.CH4O/c1-19-9-5-4-7-16-33-25-20(2)26-22(27-24(19)25)17-32-15-8-6-10-23(31)29-13-11-21(12-14-29)28(3)18-30;1-3-8(10)6-4-5-7(2)9;1-2-4-5-3-1;2*1-2/h4-5,7,9,21,30H,1,6,8,10-18H2,2-3H3;3-7H,1,10H2,2H3;5H,1-4H2;1-2H;2H,1H3/b7-4-,9-5-;5-4-,8-6+;;;. The largest absolute Gasteiger partial charge is 0.485 e. The molecule has 0 aliphatic carbocycles. The van der Waals surface area contributed by atoms with Crippen LogP contribution < -0.4 is 15.8 Å². The van der Waals surface area contributed by atoms with Crippen LogP contribution in [0.25, 0.3) is 5.57 Å². The number of allylic oxidation sites excluding steroid dienone is 8. The Morgan fingerprint density at radius 1 is 1.23 bits per heavy atom. The third-order valence-electron chi connectivity index (χ3n) is 7.94. The maximum atomic E-state index is 12.5. The number of rotatable bonds is 12. The van der Waals surface area contributed by atoms with E-state index in [4.69, 9.17) is 20.3 Å².